The fourth-order valence-electron chi connectivity index (χ4n) is 3.04. The monoisotopic (exact) mass is 394 g/mol. The number of aromatic hydroxyl groups is 1. The molecule has 28 heavy (non-hydrogen) atoms. The summed E-state index contributed by atoms with van der Waals surface area (Å²) in [6.07, 6.45) is 2.15. The molecule has 0 aliphatic carbocycles. The van der Waals surface area contributed by atoms with E-state index in [4.69, 9.17) is 9.63 Å². The Bertz CT molecular complexity index is 1150. The smallest absolute Gasteiger partial charge is 0.339 e. The standard InChI is InChI=1S/C21H18N2O4S/c1-12-7-8-28(11-12)18-6-4-15(9-13(18)2)20-22-19(23-27-20)14-3-5-17(24)16(10-14)21(25)26/h3-11,24,28H,1-2H3,(H,25,26). The maximum Gasteiger partial charge on any atom is 0.339 e. The van der Waals surface area contributed by atoms with Crippen LogP contribution in [-0.4, -0.2) is 26.3 Å². The molecule has 0 saturated heterocycles. The van der Waals surface area contributed by atoms with Crippen molar-refractivity contribution in [3.05, 3.63) is 70.0 Å². The van der Waals surface area contributed by atoms with Gasteiger partial charge in [0, 0.05) is 11.1 Å². The van der Waals surface area contributed by atoms with Crippen molar-refractivity contribution >= 4 is 16.9 Å². The van der Waals surface area contributed by atoms with E-state index >= 15 is 0 Å². The van der Waals surface area contributed by atoms with Gasteiger partial charge in [-0.15, -0.1) is 0 Å². The summed E-state index contributed by atoms with van der Waals surface area (Å²) in [6, 6.07) is 10.2. The van der Waals surface area contributed by atoms with E-state index < -0.39 is 16.9 Å². The van der Waals surface area contributed by atoms with Gasteiger partial charge in [0.15, 0.2) is 0 Å². The first-order chi connectivity index (χ1) is 13.4. The second-order valence-electron chi connectivity index (χ2n) is 6.56. The molecule has 1 aromatic heterocycles. The van der Waals surface area contributed by atoms with Crippen molar-refractivity contribution in [2.75, 3.05) is 0 Å². The number of rotatable bonds is 4. The number of hydrogen-bond acceptors (Lipinski definition) is 5. The third kappa shape index (κ3) is 3.32. The summed E-state index contributed by atoms with van der Waals surface area (Å²) < 4.78 is 5.38. The molecule has 142 valence electrons. The second-order valence-corrected chi connectivity index (χ2v) is 8.41. The Morgan fingerprint density at radius 2 is 1.89 bits per heavy atom. The number of carboxylic acid groups (broad SMARTS) is 1. The minimum atomic E-state index is -1.22. The lowest BCUT2D eigenvalue weighted by Crippen LogP contribution is -1.97. The number of aryl methyl sites for hydroxylation is 1. The lowest BCUT2D eigenvalue weighted by atomic mass is 10.1. The van der Waals surface area contributed by atoms with E-state index in [-0.39, 0.29) is 17.1 Å². The van der Waals surface area contributed by atoms with Gasteiger partial charge in [0.1, 0.15) is 11.3 Å². The highest BCUT2D eigenvalue weighted by atomic mass is 32.2. The van der Waals surface area contributed by atoms with Gasteiger partial charge in [0.05, 0.1) is 0 Å². The average molecular weight is 394 g/mol. The van der Waals surface area contributed by atoms with E-state index in [1.807, 2.05) is 12.1 Å². The Hall–Kier alpha value is -3.32. The van der Waals surface area contributed by atoms with Gasteiger partial charge >= 0.3 is 5.97 Å². The summed E-state index contributed by atoms with van der Waals surface area (Å²) in [7, 11) is -0.414. The molecule has 6 nitrogen and oxygen atoms in total. The number of carbonyl (C=O) groups is 1. The molecule has 0 radical (unpaired) electrons. The van der Waals surface area contributed by atoms with Crippen LogP contribution in [0.1, 0.15) is 22.8 Å². The number of nitrogens with zero attached hydrogens (tertiary/aromatic N) is 2. The zero-order chi connectivity index (χ0) is 19.8. The average Bonchev–Trinajstić information content (AvgIpc) is 3.31. The molecule has 0 bridgehead atoms. The van der Waals surface area contributed by atoms with Crippen LogP contribution in [0.15, 0.2) is 68.3 Å². The number of aromatic nitrogens is 2. The van der Waals surface area contributed by atoms with Crippen LogP contribution < -0.4 is 0 Å². The number of carboxylic acids is 1. The topological polar surface area (TPSA) is 96.5 Å². The Morgan fingerprint density at radius 1 is 1.11 bits per heavy atom. The number of allylic oxidation sites excluding steroid dienone is 2. The summed E-state index contributed by atoms with van der Waals surface area (Å²) in [5.74, 6) is -0.906. The van der Waals surface area contributed by atoms with Crippen molar-refractivity contribution in [3.63, 3.8) is 0 Å². The molecule has 1 aliphatic heterocycles. The van der Waals surface area contributed by atoms with Crippen LogP contribution in [-0.2, 0) is 0 Å². The van der Waals surface area contributed by atoms with Crippen molar-refractivity contribution in [2.24, 2.45) is 0 Å². The van der Waals surface area contributed by atoms with Crippen LogP contribution in [0.25, 0.3) is 22.8 Å². The van der Waals surface area contributed by atoms with Gasteiger partial charge in [-0.25, -0.2) is 4.79 Å². The van der Waals surface area contributed by atoms with Gasteiger partial charge < -0.3 is 14.7 Å². The first-order valence-corrected chi connectivity index (χ1v) is 10.1. The number of aromatic carboxylic acids is 1. The molecule has 0 amide bonds. The fraction of sp³-hybridized carbons (Fsp3) is 0.0952. The predicted octanol–water partition coefficient (Wildman–Crippen LogP) is 4.91. The summed E-state index contributed by atoms with van der Waals surface area (Å²) in [6.45, 7) is 4.16. The van der Waals surface area contributed by atoms with E-state index in [0.717, 1.165) is 11.1 Å². The molecule has 0 spiro atoms. The van der Waals surface area contributed by atoms with Gasteiger partial charge in [0.2, 0.25) is 5.82 Å². The predicted molar refractivity (Wildman–Crippen MR) is 109 cm³/mol. The molecule has 1 aliphatic rings. The van der Waals surface area contributed by atoms with Crippen molar-refractivity contribution in [1.29, 1.82) is 0 Å². The minimum Gasteiger partial charge on any atom is -0.507 e. The van der Waals surface area contributed by atoms with Crippen LogP contribution in [0.2, 0.25) is 0 Å². The van der Waals surface area contributed by atoms with E-state index in [9.17, 15) is 9.90 Å². The van der Waals surface area contributed by atoms with E-state index in [1.54, 1.807) is 6.07 Å². The third-order valence-corrected chi connectivity index (χ3v) is 6.69. The molecule has 3 aromatic rings. The second kappa shape index (κ2) is 7.01. The molecule has 0 saturated carbocycles. The van der Waals surface area contributed by atoms with E-state index in [1.165, 1.54) is 22.6 Å². The van der Waals surface area contributed by atoms with Gasteiger partial charge in [-0.05, 0) is 77.1 Å². The lowest BCUT2D eigenvalue weighted by Gasteiger charge is -2.14. The normalized spacial score (nSPS) is 16.9. The van der Waals surface area contributed by atoms with Crippen molar-refractivity contribution in [1.82, 2.24) is 10.1 Å². The SMILES string of the molecule is CC1=C[SH](c2ccc(-c3nc(-c4ccc(O)c(C(=O)O)c4)no3)cc2C)C=C1. The van der Waals surface area contributed by atoms with Crippen LogP contribution in [0.3, 0.4) is 0 Å². The van der Waals surface area contributed by atoms with Crippen LogP contribution in [0.5, 0.6) is 5.75 Å². The van der Waals surface area contributed by atoms with E-state index in [2.05, 4.69) is 46.9 Å². The third-order valence-electron chi connectivity index (χ3n) is 4.47. The first-order valence-electron chi connectivity index (χ1n) is 8.59. The zero-order valence-corrected chi connectivity index (χ0v) is 16.1. The van der Waals surface area contributed by atoms with Gasteiger partial charge in [-0.2, -0.15) is 15.9 Å². The van der Waals surface area contributed by atoms with Crippen LogP contribution in [0.4, 0.5) is 0 Å². The number of phenols is 1. The van der Waals surface area contributed by atoms with E-state index in [0.29, 0.717) is 11.5 Å². The lowest BCUT2D eigenvalue weighted by molar-refractivity contribution is 0.0694. The molecular weight excluding hydrogens is 376 g/mol. The molecule has 2 heterocycles. The fourth-order valence-corrected chi connectivity index (χ4v) is 5.06. The van der Waals surface area contributed by atoms with Crippen molar-refractivity contribution in [2.45, 2.75) is 18.7 Å². The maximum absolute atomic E-state index is 11.2. The zero-order valence-electron chi connectivity index (χ0n) is 15.2. The van der Waals surface area contributed by atoms with Gasteiger partial charge in [-0.1, -0.05) is 11.2 Å². The largest absolute Gasteiger partial charge is 0.507 e. The summed E-state index contributed by atoms with van der Waals surface area (Å²) in [5, 5.41) is 27.3. The number of thiol groups is 1. The Morgan fingerprint density at radius 3 is 2.57 bits per heavy atom. The molecule has 2 aromatic carbocycles. The van der Waals surface area contributed by atoms with Gasteiger partial charge in [0.25, 0.3) is 5.89 Å². The van der Waals surface area contributed by atoms with Crippen molar-refractivity contribution in [3.8, 4) is 28.6 Å². The molecular formula is C21H18N2O4S. The summed E-state index contributed by atoms with van der Waals surface area (Å²) >= 11 is 0. The Labute approximate surface area is 164 Å². The van der Waals surface area contributed by atoms with Gasteiger partial charge in [-0.3, -0.25) is 0 Å². The molecule has 2 N–H and O–H groups in total. The molecule has 7 heteroatoms. The molecule has 4 rings (SSSR count). The van der Waals surface area contributed by atoms with Crippen LogP contribution in [0, 0.1) is 6.92 Å². The number of hydrogen-bond donors (Lipinski definition) is 3. The molecule has 1 unspecified atom stereocenters. The highest BCUT2D eigenvalue weighted by Crippen LogP contribution is 2.46. The molecule has 1 atom stereocenters. The number of benzene rings is 2. The highest BCUT2D eigenvalue weighted by Gasteiger charge is 2.16. The summed E-state index contributed by atoms with van der Waals surface area (Å²) in [4.78, 5) is 16.9. The van der Waals surface area contributed by atoms with Crippen molar-refractivity contribution < 1.29 is 19.5 Å². The first kappa shape index (κ1) is 18.1. The maximum atomic E-state index is 11.2. The Kier molecular flexibility index (Phi) is 4.52. The highest BCUT2D eigenvalue weighted by molar-refractivity contribution is 8.22. The van der Waals surface area contributed by atoms with Crippen LogP contribution >= 0.6 is 10.9 Å². The summed E-state index contributed by atoms with van der Waals surface area (Å²) in [5.41, 5.74) is 3.48. The molecule has 0 fully saturated rings. The quantitative estimate of drug-likeness (QED) is 0.544. The minimum absolute atomic E-state index is 0.209. The Balaban J connectivity index is 1.65.